The highest BCUT2D eigenvalue weighted by Crippen LogP contribution is 2.18. The quantitative estimate of drug-likeness (QED) is 0.708. The molecule has 4 nitrogen and oxygen atoms in total. The summed E-state index contributed by atoms with van der Waals surface area (Å²) in [5.74, 6) is 0.838. The van der Waals surface area contributed by atoms with Crippen LogP contribution in [-0.2, 0) is 0 Å². The maximum atomic E-state index is 8.61. The van der Waals surface area contributed by atoms with Gasteiger partial charge in [0.25, 0.3) is 0 Å². The minimum absolute atomic E-state index is 0.598. The van der Waals surface area contributed by atoms with E-state index in [1.165, 1.54) is 12.8 Å². The Morgan fingerprint density at radius 2 is 2.25 bits per heavy atom. The van der Waals surface area contributed by atoms with Crippen molar-refractivity contribution in [2.24, 2.45) is 0 Å². The molecule has 1 aromatic heterocycles. The van der Waals surface area contributed by atoms with E-state index in [1.807, 2.05) is 12.1 Å². The van der Waals surface area contributed by atoms with Crippen molar-refractivity contribution < 1.29 is 0 Å². The molecule has 1 aliphatic carbocycles. The molecule has 2 N–H and O–H groups in total. The predicted octanol–water partition coefficient (Wildman–Crippen LogP) is 1.51. The maximum Gasteiger partial charge on any atom is 0.125 e. The molecule has 1 aromatic rings. The van der Waals surface area contributed by atoms with Crippen LogP contribution in [0.5, 0.6) is 0 Å². The predicted molar refractivity (Wildman–Crippen MR) is 63.1 cm³/mol. The minimum Gasteiger partial charge on any atom is -0.370 e. The number of nitrogens with zero attached hydrogens (tertiary/aromatic N) is 2. The Bertz CT molecular complexity index is 362. The fraction of sp³-hybridized carbons (Fsp3) is 0.500. The fourth-order valence-corrected chi connectivity index (χ4v) is 1.46. The third kappa shape index (κ3) is 3.52. The Morgan fingerprint density at radius 1 is 1.38 bits per heavy atom. The highest BCUT2D eigenvalue weighted by Gasteiger charge is 2.19. The van der Waals surface area contributed by atoms with E-state index < -0.39 is 0 Å². The summed E-state index contributed by atoms with van der Waals surface area (Å²) in [5.41, 5.74) is 0.598. The summed E-state index contributed by atoms with van der Waals surface area (Å²) in [7, 11) is 0. The second-order valence-corrected chi connectivity index (χ2v) is 4.05. The van der Waals surface area contributed by atoms with Crippen LogP contribution in [0.3, 0.4) is 0 Å². The first-order valence-corrected chi connectivity index (χ1v) is 5.72. The molecule has 0 bridgehead atoms. The van der Waals surface area contributed by atoms with Gasteiger partial charge in [-0.15, -0.1) is 0 Å². The van der Waals surface area contributed by atoms with Crippen LogP contribution in [0.2, 0.25) is 0 Å². The number of nitriles is 1. The third-order valence-corrected chi connectivity index (χ3v) is 2.56. The SMILES string of the molecule is N#Cc1ccc(NCCCNC2CC2)nc1. The zero-order chi connectivity index (χ0) is 11.2. The Morgan fingerprint density at radius 3 is 2.88 bits per heavy atom. The van der Waals surface area contributed by atoms with Crippen molar-refractivity contribution in [1.29, 1.82) is 5.26 Å². The average molecular weight is 216 g/mol. The van der Waals surface area contributed by atoms with Crippen molar-refractivity contribution in [3.8, 4) is 6.07 Å². The molecule has 84 valence electrons. The molecule has 0 atom stereocenters. The molecule has 0 unspecified atom stereocenters. The molecule has 16 heavy (non-hydrogen) atoms. The monoisotopic (exact) mass is 216 g/mol. The summed E-state index contributed by atoms with van der Waals surface area (Å²) < 4.78 is 0. The van der Waals surface area contributed by atoms with Crippen LogP contribution in [0.1, 0.15) is 24.8 Å². The van der Waals surface area contributed by atoms with Gasteiger partial charge in [-0.1, -0.05) is 0 Å². The lowest BCUT2D eigenvalue weighted by atomic mass is 10.3. The zero-order valence-corrected chi connectivity index (χ0v) is 9.24. The van der Waals surface area contributed by atoms with Gasteiger partial charge in [0.2, 0.25) is 0 Å². The van der Waals surface area contributed by atoms with E-state index in [0.29, 0.717) is 5.56 Å². The lowest BCUT2D eigenvalue weighted by molar-refractivity contribution is 0.658. The number of anilines is 1. The van der Waals surface area contributed by atoms with Gasteiger partial charge >= 0.3 is 0 Å². The van der Waals surface area contributed by atoms with Crippen LogP contribution in [0, 0.1) is 11.3 Å². The van der Waals surface area contributed by atoms with Gasteiger partial charge < -0.3 is 10.6 Å². The highest BCUT2D eigenvalue weighted by atomic mass is 15.0. The molecule has 4 heteroatoms. The normalized spacial score (nSPS) is 14.4. The lowest BCUT2D eigenvalue weighted by Gasteiger charge is -2.05. The molecule has 1 fully saturated rings. The first kappa shape index (κ1) is 10.9. The number of hydrogen-bond acceptors (Lipinski definition) is 4. The fourth-order valence-electron chi connectivity index (χ4n) is 1.46. The average Bonchev–Trinajstić information content (AvgIpc) is 3.13. The standard InChI is InChI=1S/C12H16N4/c13-8-10-2-5-12(16-9-10)15-7-1-6-14-11-3-4-11/h2,5,9,11,14H,1,3-4,6-7H2,(H,15,16). The molecule has 0 spiro atoms. The Hall–Kier alpha value is -1.60. The van der Waals surface area contributed by atoms with Crippen LogP contribution in [-0.4, -0.2) is 24.1 Å². The Balaban J connectivity index is 1.62. The van der Waals surface area contributed by atoms with Crippen LogP contribution in [0.15, 0.2) is 18.3 Å². The first-order valence-electron chi connectivity index (χ1n) is 5.72. The molecular formula is C12H16N4. The summed E-state index contributed by atoms with van der Waals surface area (Å²) in [6.45, 7) is 1.98. The molecule has 0 radical (unpaired) electrons. The molecule has 1 heterocycles. The summed E-state index contributed by atoms with van der Waals surface area (Å²) in [4.78, 5) is 4.14. The van der Waals surface area contributed by atoms with E-state index in [2.05, 4.69) is 15.6 Å². The Kier molecular flexibility index (Phi) is 3.73. The number of nitrogens with one attached hydrogen (secondary N) is 2. The van der Waals surface area contributed by atoms with Gasteiger partial charge in [0.05, 0.1) is 5.56 Å². The molecule has 0 saturated heterocycles. The van der Waals surface area contributed by atoms with Gasteiger partial charge in [-0.25, -0.2) is 4.98 Å². The lowest BCUT2D eigenvalue weighted by Crippen LogP contribution is -2.20. The van der Waals surface area contributed by atoms with Gasteiger partial charge in [-0.2, -0.15) is 5.26 Å². The van der Waals surface area contributed by atoms with Crippen molar-refractivity contribution in [2.75, 3.05) is 18.4 Å². The largest absolute Gasteiger partial charge is 0.370 e. The van der Waals surface area contributed by atoms with Gasteiger partial charge in [0.15, 0.2) is 0 Å². The maximum absolute atomic E-state index is 8.61. The smallest absolute Gasteiger partial charge is 0.125 e. The van der Waals surface area contributed by atoms with E-state index in [-0.39, 0.29) is 0 Å². The summed E-state index contributed by atoms with van der Waals surface area (Å²) >= 11 is 0. The zero-order valence-electron chi connectivity index (χ0n) is 9.24. The van der Waals surface area contributed by atoms with Crippen molar-refractivity contribution in [1.82, 2.24) is 10.3 Å². The first-order chi connectivity index (χ1) is 7.88. The van der Waals surface area contributed by atoms with Gasteiger partial charge in [-0.05, 0) is 37.9 Å². The third-order valence-electron chi connectivity index (χ3n) is 2.56. The van der Waals surface area contributed by atoms with E-state index >= 15 is 0 Å². The second kappa shape index (κ2) is 5.47. The van der Waals surface area contributed by atoms with E-state index in [9.17, 15) is 0 Å². The van der Waals surface area contributed by atoms with E-state index in [4.69, 9.17) is 5.26 Å². The summed E-state index contributed by atoms with van der Waals surface area (Å²) in [6.07, 6.45) is 5.36. The second-order valence-electron chi connectivity index (χ2n) is 4.05. The van der Waals surface area contributed by atoms with Crippen molar-refractivity contribution >= 4 is 5.82 Å². The van der Waals surface area contributed by atoms with E-state index in [0.717, 1.165) is 31.4 Å². The minimum atomic E-state index is 0.598. The topological polar surface area (TPSA) is 60.7 Å². The van der Waals surface area contributed by atoms with Gasteiger partial charge in [-0.3, -0.25) is 0 Å². The molecule has 0 aliphatic heterocycles. The van der Waals surface area contributed by atoms with Crippen LogP contribution in [0.25, 0.3) is 0 Å². The molecule has 1 aliphatic rings. The molecule has 0 aromatic carbocycles. The van der Waals surface area contributed by atoms with Gasteiger partial charge in [0.1, 0.15) is 11.9 Å². The van der Waals surface area contributed by atoms with Crippen molar-refractivity contribution in [2.45, 2.75) is 25.3 Å². The van der Waals surface area contributed by atoms with Crippen LogP contribution in [0.4, 0.5) is 5.82 Å². The number of aromatic nitrogens is 1. The molecule has 2 rings (SSSR count). The number of rotatable bonds is 6. The highest BCUT2D eigenvalue weighted by molar-refractivity contribution is 5.38. The van der Waals surface area contributed by atoms with Crippen molar-refractivity contribution in [3.63, 3.8) is 0 Å². The molecular weight excluding hydrogens is 200 g/mol. The van der Waals surface area contributed by atoms with Crippen LogP contribution < -0.4 is 10.6 Å². The molecule has 1 saturated carbocycles. The molecule has 0 amide bonds. The number of pyridine rings is 1. The van der Waals surface area contributed by atoms with E-state index in [1.54, 1.807) is 12.3 Å². The Labute approximate surface area is 95.7 Å². The van der Waals surface area contributed by atoms with Crippen LogP contribution >= 0.6 is 0 Å². The summed E-state index contributed by atoms with van der Waals surface area (Å²) in [5, 5.41) is 15.3. The van der Waals surface area contributed by atoms with Crippen molar-refractivity contribution in [3.05, 3.63) is 23.9 Å². The number of hydrogen-bond donors (Lipinski definition) is 2. The summed E-state index contributed by atoms with van der Waals surface area (Å²) in [6, 6.07) is 6.45. The van der Waals surface area contributed by atoms with Gasteiger partial charge in [0, 0.05) is 18.8 Å².